The summed E-state index contributed by atoms with van der Waals surface area (Å²) in [6.45, 7) is 8.02. The van der Waals surface area contributed by atoms with Crippen molar-refractivity contribution in [2.75, 3.05) is 18.1 Å². The maximum absolute atomic E-state index is 6.26. The van der Waals surface area contributed by atoms with Crippen LogP contribution in [0.2, 0.25) is 10.0 Å². The lowest BCUT2D eigenvalue weighted by atomic mass is 10.2. The molecule has 0 aliphatic carbocycles. The van der Waals surface area contributed by atoms with E-state index in [9.17, 15) is 0 Å². The van der Waals surface area contributed by atoms with Crippen LogP contribution in [0, 0.1) is 13.8 Å². The molecule has 0 atom stereocenters. The highest BCUT2D eigenvalue weighted by molar-refractivity contribution is 7.99. The maximum atomic E-state index is 6.26. The third-order valence-corrected chi connectivity index (χ3v) is 6.66. The predicted molar refractivity (Wildman–Crippen MR) is 123 cm³/mol. The smallest absolute Gasteiger partial charge is 0.151 e. The number of benzene rings is 1. The Balaban J connectivity index is 1.71. The van der Waals surface area contributed by atoms with Crippen molar-refractivity contribution in [3.05, 3.63) is 45.3 Å². The molecule has 0 bridgehead atoms. The molecular formula is C21H26Cl2N4OS. The van der Waals surface area contributed by atoms with E-state index in [4.69, 9.17) is 38.7 Å². The molecule has 0 saturated carbocycles. The molecule has 3 aromatic rings. The number of unbranched alkanes of at least 4 members (excludes halogenated alkanes) is 1. The SMILES string of the molecule is CCOCc1nc2c(N)nc(C)c(C)c2n1CCCCSc1ccc(Cl)cc1Cl. The van der Waals surface area contributed by atoms with Gasteiger partial charge in [0.25, 0.3) is 0 Å². The van der Waals surface area contributed by atoms with Crippen LogP contribution in [0.5, 0.6) is 0 Å². The van der Waals surface area contributed by atoms with E-state index < -0.39 is 0 Å². The van der Waals surface area contributed by atoms with E-state index in [0.717, 1.165) is 58.1 Å². The topological polar surface area (TPSA) is 66.0 Å². The first-order valence-corrected chi connectivity index (χ1v) is 11.4. The molecule has 0 amide bonds. The molecule has 2 N–H and O–H groups in total. The average molecular weight is 453 g/mol. The van der Waals surface area contributed by atoms with Gasteiger partial charge < -0.3 is 15.0 Å². The number of pyridine rings is 1. The number of fused-ring (bicyclic) bond motifs is 1. The van der Waals surface area contributed by atoms with Gasteiger partial charge in [-0.3, -0.25) is 0 Å². The number of aryl methyl sites for hydroxylation is 3. The number of nitrogen functional groups attached to an aromatic ring is 1. The molecule has 0 radical (unpaired) electrons. The Morgan fingerprint density at radius 2 is 1.97 bits per heavy atom. The molecule has 8 heteroatoms. The third-order valence-electron chi connectivity index (χ3n) is 4.84. The molecule has 2 heterocycles. The van der Waals surface area contributed by atoms with Gasteiger partial charge in [0.1, 0.15) is 17.9 Å². The van der Waals surface area contributed by atoms with Crippen molar-refractivity contribution in [3.63, 3.8) is 0 Å². The first-order chi connectivity index (χ1) is 13.9. The van der Waals surface area contributed by atoms with Crippen LogP contribution in [0.25, 0.3) is 11.0 Å². The second-order valence-corrected chi connectivity index (χ2v) is 8.83. The number of nitrogens with zero attached hydrogens (tertiary/aromatic N) is 3. The quantitative estimate of drug-likeness (QED) is 0.316. The zero-order chi connectivity index (χ0) is 21.0. The Morgan fingerprint density at radius 1 is 1.17 bits per heavy atom. The van der Waals surface area contributed by atoms with Crippen LogP contribution < -0.4 is 5.73 Å². The molecule has 3 rings (SSSR count). The van der Waals surface area contributed by atoms with Crippen LogP contribution in [0.3, 0.4) is 0 Å². The van der Waals surface area contributed by atoms with Crippen molar-refractivity contribution < 1.29 is 4.74 Å². The molecule has 29 heavy (non-hydrogen) atoms. The Morgan fingerprint density at radius 3 is 2.69 bits per heavy atom. The zero-order valence-electron chi connectivity index (χ0n) is 17.0. The van der Waals surface area contributed by atoms with Crippen molar-refractivity contribution >= 4 is 51.8 Å². The van der Waals surface area contributed by atoms with Crippen molar-refractivity contribution in [1.82, 2.24) is 14.5 Å². The minimum absolute atomic E-state index is 0.470. The second-order valence-electron chi connectivity index (χ2n) is 6.85. The lowest BCUT2D eigenvalue weighted by Gasteiger charge is -2.12. The van der Waals surface area contributed by atoms with E-state index in [0.29, 0.717) is 29.1 Å². The summed E-state index contributed by atoms with van der Waals surface area (Å²) in [5.74, 6) is 2.36. The van der Waals surface area contributed by atoms with Gasteiger partial charge >= 0.3 is 0 Å². The number of ether oxygens (including phenoxy) is 1. The largest absolute Gasteiger partial charge is 0.382 e. The van der Waals surface area contributed by atoms with Crippen LogP contribution in [0.15, 0.2) is 23.1 Å². The van der Waals surface area contributed by atoms with E-state index in [1.165, 1.54) is 0 Å². The van der Waals surface area contributed by atoms with Gasteiger partial charge in [-0.2, -0.15) is 0 Å². The van der Waals surface area contributed by atoms with E-state index in [2.05, 4.69) is 16.5 Å². The minimum Gasteiger partial charge on any atom is -0.382 e. The van der Waals surface area contributed by atoms with Gasteiger partial charge in [-0.05, 0) is 63.1 Å². The van der Waals surface area contributed by atoms with Crippen molar-refractivity contribution in [2.24, 2.45) is 0 Å². The molecule has 0 unspecified atom stereocenters. The number of nitrogens with two attached hydrogens (primary N) is 1. The molecule has 1 aromatic carbocycles. The third kappa shape index (κ3) is 5.18. The minimum atomic E-state index is 0.470. The Labute approximate surface area is 185 Å². The Hall–Kier alpha value is -1.47. The van der Waals surface area contributed by atoms with Crippen LogP contribution in [-0.2, 0) is 17.9 Å². The van der Waals surface area contributed by atoms with Gasteiger partial charge in [0.2, 0.25) is 0 Å². The first kappa shape index (κ1) is 22.2. The Bertz CT molecular complexity index is 1010. The Kier molecular flexibility index (Phi) is 7.68. The molecule has 156 valence electrons. The van der Waals surface area contributed by atoms with Crippen LogP contribution in [-0.4, -0.2) is 26.9 Å². The summed E-state index contributed by atoms with van der Waals surface area (Å²) < 4.78 is 7.88. The highest BCUT2D eigenvalue weighted by Gasteiger charge is 2.17. The lowest BCUT2D eigenvalue weighted by Crippen LogP contribution is -2.07. The summed E-state index contributed by atoms with van der Waals surface area (Å²) in [5, 5.41) is 1.36. The number of rotatable bonds is 9. The number of anilines is 1. The average Bonchev–Trinajstić information content (AvgIpc) is 3.05. The first-order valence-electron chi connectivity index (χ1n) is 9.69. The fourth-order valence-corrected chi connectivity index (χ4v) is 4.74. The summed E-state index contributed by atoms with van der Waals surface area (Å²) in [5.41, 5.74) is 10.0. The summed E-state index contributed by atoms with van der Waals surface area (Å²) in [4.78, 5) is 10.2. The van der Waals surface area contributed by atoms with Crippen molar-refractivity contribution in [3.8, 4) is 0 Å². The standard InChI is InChI=1S/C21H26Cl2N4OS/c1-4-28-12-18-26-19-20(13(2)14(3)25-21(19)24)27(18)9-5-6-10-29-17-8-7-15(22)11-16(17)23/h7-8,11H,4-6,9-10,12H2,1-3H3,(H2,24,25). The zero-order valence-corrected chi connectivity index (χ0v) is 19.3. The molecule has 2 aromatic heterocycles. The second kappa shape index (κ2) is 10.0. The summed E-state index contributed by atoms with van der Waals surface area (Å²) in [6.07, 6.45) is 2.07. The van der Waals surface area contributed by atoms with Gasteiger partial charge in [0.15, 0.2) is 5.82 Å². The number of halogens is 2. The number of thioether (sulfide) groups is 1. The van der Waals surface area contributed by atoms with Gasteiger partial charge in [-0.1, -0.05) is 23.2 Å². The normalized spacial score (nSPS) is 11.5. The lowest BCUT2D eigenvalue weighted by molar-refractivity contribution is 0.126. The molecule has 0 aliphatic heterocycles. The monoisotopic (exact) mass is 452 g/mol. The maximum Gasteiger partial charge on any atom is 0.151 e. The van der Waals surface area contributed by atoms with Crippen molar-refractivity contribution in [2.45, 2.75) is 51.7 Å². The van der Waals surface area contributed by atoms with Crippen LogP contribution in [0.4, 0.5) is 5.82 Å². The number of aromatic nitrogens is 3. The molecular weight excluding hydrogens is 427 g/mol. The highest BCUT2D eigenvalue weighted by Crippen LogP contribution is 2.31. The number of hydrogen-bond donors (Lipinski definition) is 1. The van der Waals surface area contributed by atoms with Crippen LogP contribution >= 0.6 is 35.0 Å². The summed E-state index contributed by atoms with van der Waals surface area (Å²) in [6, 6.07) is 5.63. The molecule has 0 spiro atoms. The van der Waals surface area contributed by atoms with Gasteiger partial charge in [-0.25, -0.2) is 9.97 Å². The van der Waals surface area contributed by atoms with Gasteiger partial charge in [-0.15, -0.1) is 11.8 Å². The predicted octanol–water partition coefficient (Wildman–Crippen LogP) is 6.05. The van der Waals surface area contributed by atoms with Gasteiger partial charge in [0.05, 0.1) is 10.5 Å². The van der Waals surface area contributed by atoms with E-state index in [1.807, 2.05) is 26.0 Å². The number of hydrogen-bond acceptors (Lipinski definition) is 5. The van der Waals surface area contributed by atoms with Crippen molar-refractivity contribution in [1.29, 1.82) is 0 Å². The van der Waals surface area contributed by atoms with Crippen LogP contribution in [0.1, 0.15) is 36.8 Å². The fraction of sp³-hybridized carbons (Fsp3) is 0.429. The number of imidazole rings is 1. The van der Waals surface area contributed by atoms with E-state index in [-0.39, 0.29) is 0 Å². The highest BCUT2D eigenvalue weighted by atomic mass is 35.5. The van der Waals surface area contributed by atoms with E-state index >= 15 is 0 Å². The fourth-order valence-electron chi connectivity index (χ4n) is 3.24. The van der Waals surface area contributed by atoms with Gasteiger partial charge in [0, 0.05) is 28.8 Å². The summed E-state index contributed by atoms with van der Waals surface area (Å²) >= 11 is 14.0. The molecule has 0 fully saturated rings. The van der Waals surface area contributed by atoms with E-state index in [1.54, 1.807) is 17.8 Å². The molecule has 0 saturated heterocycles. The summed E-state index contributed by atoms with van der Waals surface area (Å²) in [7, 11) is 0. The molecule has 0 aliphatic rings. The molecule has 5 nitrogen and oxygen atoms in total.